The lowest BCUT2D eigenvalue weighted by Gasteiger charge is -2.25. The quantitative estimate of drug-likeness (QED) is 0.859. The first-order chi connectivity index (χ1) is 13.1. The Morgan fingerprint density at radius 1 is 1.19 bits per heavy atom. The van der Waals surface area contributed by atoms with Crippen LogP contribution in [0.2, 0.25) is 0 Å². The van der Waals surface area contributed by atoms with Gasteiger partial charge in [0.2, 0.25) is 0 Å². The Morgan fingerprint density at radius 3 is 2.67 bits per heavy atom. The summed E-state index contributed by atoms with van der Waals surface area (Å²) < 4.78 is 2.07. The van der Waals surface area contributed by atoms with Gasteiger partial charge in [-0.15, -0.1) is 0 Å². The molecule has 2 heterocycles. The molecule has 27 heavy (non-hydrogen) atoms. The predicted molar refractivity (Wildman–Crippen MR) is 105 cm³/mol. The van der Waals surface area contributed by atoms with Gasteiger partial charge in [-0.1, -0.05) is 49.6 Å². The summed E-state index contributed by atoms with van der Waals surface area (Å²) in [4.78, 5) is 14.6. The zero-order valence-corrected chi connectivity index (χ0v) is 15.8. The molecular weight excluding hydrogens is 340 g/mol. The van der Waals surface area contributed by atoms with Crippen LogP contribution in [0.1, 0.15) is 61.9 Å². The van der Waals surface area contributed by atoms with E-state index in [1.807, 2.05) is 43.3 Å². The molecule has 6 heteroatoms. The molecule has 1 saturated carbocycles. The van der Waals surface area contributed by atoms with E-state index < -0.39 is 6.10 Å². The molecule has 2 aromatic rings. The molecular formula is C21H28N4O2. The molecule has 1 aliphatic carbocycles. The second-order valence-electron chi connectivity index (χ2n) is 7.81. The highest BCUT2D eigenvalue weighted by Gasteiger charge is 2.35. The summed E-state index contributed by atoms with van der Waals surface area (Å²) in [5, 5.41) is 17.7. The molecule has 2 N–H and O–H groups in total. The monoisotopic (exact) mass is 368 g/mol. The third kappa shape index (κ3) is 3.86. The van der Waals surface area contributed by atoms with Gasteiger partial charge in [0.05, 0.1) is 18.2 Å². The van der Waals surface area contributed by atoms with Crippen molar-refractivity contribution in [2.45, 2.75) is 63.6 Å². The molecule has 6 nitrogen and oxygen atoms in total. The molecule has 2 unspecified atom stereocenters. The highest BCUT2D eigenvalue weighted by Crippen LogP contribution is 2.33. The first kappa shape index (κ1) is 18.0. The third-order valence-corrected chi connectivity index (χ3v) is 5.80. The molecule has 2 atom stereocenters. The number of likely N-dealkylation sites (tertiary alicyclic amines) is 1. The van der Waals surface area contributed by atoms with Crippen LogP contribution in [0, 0.1) is 6.92 Å². The summed E-state index contributed by atoms with van der Waals surface area (Å²) in [6, 6.07) is 12.0. The van der Waals surface area contributed by atoms with Gasteiger partial charge in [0.15, 0.2) is 5.82 Å². The molecule has 0 bridgehead atoms. The fraction of sp³-hybridized carbons (Fsp3) is 0.524. The topological polar surface area (TPSA) is 70.4 Å². The number of amides is 2. The van der Waals surface area contributed by atoms with Gasteiger partial charge in [0, 0.05) is 18.3 Å². The standard InChI is InChI=1S/C21H28N4O2/c1-15-12-20(23-25(15)17-10-6-3-7-11-17)22-21(27)24-14-18(26)13-19(24)16-8-4-2-5-9-16/h2,4-5,8-9,12,17-19,26H,3,6-7,10-11,13-14H2,1H3,(H,22,23,27). The maximum atomic E-state index is 12.9. The summed E-state index contributed by atoms with van der Waals surface area (Å²) in [6.07, 6.45) is 6.18. The molecule has 1 aromatic carbocycles. The minimum absolute atomic E-state index is 0.109. The first-order valence-corrected chi connectivity index (χ1v) is 9.98. The molecule has 1 saturated heterocycles. The van der Waals surface area contributed by atoms with Gasteiger partial charge in [-0.05, 0) is 31.7 Å². The largest absolute Gasteiger partial charge is 0.391 e. The maximum absolute atomic E-state index is 12.9. The third-order valence-electron chi connectivity index (χ3n) is 5.80. The van der Waals surface area contributed by atoms with Gasteiger partial charge in [-0.2, -0.15) is 5.10 Å². The van der Waals surface area contributed by atoms with Crippen LogP contribution in [0.4, 0.5) is 10.6 Å². The van der Waals surface area contributed by atoms with E-state index in [1.54, 1.807) is 4.90 Å². The van der Waals surface area contributed by atoms with Crippen LogP contribution in [-0.4, -0.2) is 38.5 Å². The van der Waals surface area contributed by atoms with E-state index in [2.05, 4.69) is 15.1 Å². The average molecular weight is 368 g/mol. The predicted octanol–water partition coefficient (Wildman–Crippen LogP) is 4.04. The molecule has 0 radical (unpaired) electrons. The number of β-amino-alcohol motifs (C(OH)–C–C–N with tert-alkyl or cyclic N) is 1. The van der Waals surface area contributed by atoms with Crippen LogP contribution in [0.25, 0.3) is 0 Å². The minimum atomic E-state index is -0.498. The van der Waals surface area contributed by atoms with Gasteiger partial charge in [-0.25, -0.2) is 4.79 Å². The van der Waals surface area contributed by atoms with E-state index >= 15 is 0 Å². The number of aliphatic hydroxyl groups is 1. The number of urea groups is 1. The number of carbonyl (C=O) groups is 1. The normalized spacial score (nSPS) is 23.6. The van der Waals surface area contributed by atoms with Gasteiger partial charge in [-0.3, -0.25) is 10.00 Å². The van der Waals surface area contributed by atoms with Crippen molar-refractivity contribution < 1.29 is 9.90 Å². The van der Waals surface area contributed by atoms with Crippen LogP contribution in [-0.2, 0) is 0 Å². The van der Waals surface area contributed by atoms with E-state index in [-0.39, 0.29) is 12.1 Å². The van der Waals surface area contributed by atoms with E-state index in [9.17, 15) is 9.90 Å². The van der Waals surface area contributed by atoms with E-state index in [1.165, 1.54) is 19.3 Å². The number of carbonyl (C=O) groups excluding carboxylic acids is 1. The Morgan fingerprint density at radius 2 is 1.93 bits per heavy atom. The summed E-state index contributed by atoms with van der Waals surface area (Å²) in [6.45, 7) is 2.39. The van der Waals surface area contributed by atoms with Crippen LogP contribution in [0.5, 0.6) is 0 Å². The molecule has 0 spiro atoms. The fourth-order valence-electron chi connectivity index (χ4n) is 4.45. The number of benzene rings is 1. The Kier molecular flexibility index (Phi) is 5.16. The minimum Gasteiger partial charge on any atom is -0.391 e. The molecule has 1 aromatic heterocycles. The van der Waals surface area contributed by atoms with Crippen molar-refractivity contribution in [1.29, 1.82) is 0 Å². The summed E-state index contributed by atoms with van der Waals surface area (Å²) in [5.74, 6) is 0.594. The zero-order valence-electron chi connectivity index (χ0n) is 15.8. The van der Waals surface area contributed by atoms with Crippen molar-refractivity contribution in [3.63, 3.8) is 0 Å². The van der Waals surface area contributed by atoms with Gasteiger partial charge >= 0.3 is 6.03 Å². The molecule has 4 rings (SSSR count). The van der Waals surface area contributed by atoms with Gasteiger partial charge in [0.1, 0.15) is 0 Å². The number of anilines is 1. The van der Waals surface area contributed by atoms with Crippen LogP contribution in [0.3, 0.4) is 0 Å². The molecule has 2 amide bonds. The Labute approximate surface area is 160 Å². The lowest BCUT2D eigenvalue weighted by molar-refractivity contribution is 0.175. The van der Waals surface area contributed by atoms with Gasteiger partial charge in [0.25, 0.3) is 0 Å². The maximum Gasteiger partial charge on any atom is 0.323 e. The van der Waals surface area contributed by atoms with Crippen LogP contribution < -0.4 is 5.32 Å². The highest BCUT2D eigenvalue weighted by atomic mass is 16.3. The number of rotatable bonds is 3. The molecule has 2 aliphatic rings. The van der Waals surface area contributed by atoms with Crippen molar-refractivity contribution in [2.24, 2.45) is 0 Å². The number of nitrogens with zero attached hydrogens (tertiary/aromatic N) is 3. The summed E-state index contributed by atoms with van der Waals surface area (Å²) in [5.41, 5.74) is 2.13. The Balaban J connectivity index is 1.48. The fourth-order valence-corrected chi connectivity index (χ4v) is 4.45. The lowest BCUT2D eigenvalue weighted by atomic mass is 9.95. The van der Waals surface area contributed by atoms with Crippen molar-refractivity contribution in [2.75, 3.05) is 11.9 Å². The van der Waals surface area contributed by atoms with E-state index in [0.717, 1.165) is 24.1 Å². The highest BCUT2D eigenvalue weighted by molar-refractivity contribution is 5.89. The summed E-state index contributed by atoms with van der Waals surface area (Å²) >= 11 is 0. The number of aryl methyl sites for hydroxylation is 1. The first-order valence-electron chi connectivity index (χ1n) is 9.98. The molecule has 2 fully saturated rings. The SMILES string of the molecule is Cc1cc(NC(=O)N2CC(O)CC2c2ccccc2)nn1C1CCCCC1. The Hall–Kier alpha value is -2.34. The molecule has 1 aliphatic heterocycles. The number of hydrogen-bond acceptors (Lipinski definition) is 3. The number of hydrogen-bond donors (Lipinski definition) is 2. The van der Waals surface area contributed by atoms with Gasteiger partial charge < -0.3 is 10.0 Å². The van der Waals surface area contributed by atoms with Crippen LogP contribution >= 0.6 is 0 Å². The van der Waals surface area contributed by atoms with Crippen molar-refractivity contribution in [1.82, 2.24) is 14.7 Å². The zero-order chi connectivity index (χ0) is 18.8. The Bertz CT molecular complexity index is 783. The average Bonchev–Trinajstić information content (AvgIpc) is 3.26. The number of nitrogens with one attached hydrogen (secondary N) is 1. The van der Waals surface area contributed by atoms with E-state index in [0.29, 0.717) is 24.8 Å². The number of aliphatic hydroxyl groups excluding tert-OH is 1. The lowest BCUT2D eigenvalue weighted by Crippen LogP contribution is -2.35. The van der Waals surface area contributed by atoms with Crippen molar-refractivity contribution >= 4 is 11.8 Å². The van der Waals surface area contributed by atoms with E-state index in [4.69, 9.17) is 0 Å². The van der Waals surface area contributed by atoms with Crippen molar-refractivity contribution in [3.8, 4) is 0 Å². The second kappa shape index (κ2) is 7.72. The summed E-state index contributed by atoms with van der Waals surface area (Å²) in [7, 11) is 0. The van der Waals surface area contributed by atoms with Crippen molar-refractivity contribution in [3.05, 3.63) is 47.7 Å². The second-order valence-corrected chi connectivity index (χ2v) is 7.81. The number of aromatic nitrogens is 2. The molecule has 144 valence electrons. The van der Waals surface area contributed by atoms with Crippen LogP contribution in [0.15, 0.2) is 36.4 Å². The smallest absolute Gasteiger partial charge is 0.323 e.